The lowest BCUT2D eigenvalue weighted by Crippen LogP contribution is -2.40. The second kappa shape index (κ2) is 12.0. The summed E-state index contributed by atoms with van der Waals surface area (Å²) in [5, 5.41) is 8.35. The Balaban J connectivity index is 1.45. The summed E-state index contributed by atoms with van der Waals surface area (Å²) in [4.78, 5) is 35.0. The summed E-state index contributed by atoms with van der Waals surface area (Å²) >= 11 is 0. The number of fused-ring (bicyclic) bond motifs is 1. The molecule has 2 aromatic carbocycles. The monoisotopic (exact) mass is 475 g/mol. The van der Waals surface area contributed by atoms with Gasteiger partial charge in [0.15, 0.2) is 0 Å². The average Bonchev–Trinajstić information content (AvgIpc) is 3.38. The molecule has 7 heteroatoms. The van der Waals surface area contributed by atoms with Crippen LogP contribution >= 0.6 is 0 Å². The normalized spacial score (nSPS) is 15.7. The van der Waals surface area contributed by atoms with Crippen molar-refractivity contribution in [3.63, 3.8) is 0 Å². The number of imidazole rings is 1. The van der Waals surface area contributed by atoms with E-state index in [-0.39, 0.29) is 23.8 Å². The van der Waals surface area contributed by atoms with E-state index in [2.05, 4.69) is 62.9 Å². The number of carbonyl (C=O) groups is 2. The molecule has 0 bridgehead atoms. The molecule has 3 N–H and O–H groups in total. The van der Waals surface area contributed by atoms with Gasteiger partial charge < -0.3 is 20.5 Å². The Bertz CT molecular complexity index is 1130. The highest BCUT2D eigenvalue weighted by Crippen LogP contribution is 2.26. The van der Waals surface area contributed by atoms with E-state index in [0.717, 1.165) is 68.7 Å². The van der Waals surface area contributed by atoms with Crippen LogP contribution in [0.2, 0.25) is 0 Å². The van der Waals surface area contributed by atoms with Crippen LogP contribution < -0.4 is 10.6 Å². The summed E-state index contributed by atoms with van der Waals surface area (Å²) in [5.74, 6) is 1.04. The molecule has 1 fully saturated rings. The van der Waals surface area contributed by atoms with Gasteiger partial charge in [-0.2, -0.15) is 0 Å². The van der Waals surface area contributed by atoms with Gasteiger partial charge in [-0.1, -0.05) is 49.2 Å². The number of hydrogen-bond donors (Lipinski definition) is 3. The van der Waals surface area contributed by atoms with Crippen LogP contribution in [0.5, 0.6) is 0 Å². The molecule has 1 saturated heterocycles. The molecule has 2 heterocycles. The number of likely N-dealkylation sites (tertiary alicyclic amines) is 1. The zero-order chi connectivity index (χ0) is 24.6. The second-order valence-corrected chi connectivity index (χ2v) is 9.66. The van der Waals surface area contributed by atoms with Crippen LogP contribution in [-0.2, 0) is 9.59 Å². The van der Waals surface area contributed by atoms with E-state index in [1.165, 1.54) is 10.8 Å². The molecule has 1 unspecified atom stereocenters. The zero-order valence-electron chi connectivity index (χ0n) is 20.8. The fourth-order valence-corrected chi connectivity index (χ4v) is 4.79. The smallest absolute Gasteiger partial charge is 0.223 e. The molecular weight excluding hydrogens is 438 g/mol. The number of hydrogen-bond acceptors (Lipinski definition) is 4. The maximum absolute atomic E-state index is 13.1. The summed E-state index contributed by atoms with van der Waals surface area (Å²) in [7, 11) is 3.77. The Morgan fingerprint density at radius 2 is 1.86 bits per heavy atom. The lowest BCUT2D eigenvalue weighted by Gasteiger charge is -2.29. The van der Waals surface area contributed by atoms with Gasteiger partial charge in [0.2, 0.25) is 11.8 Å². The average molecular weight is 476 g/mol. The molecule has 0 spiro atoms. The summed E-state index contributed by atoms with van der Waals surface area (Å²) in [6, 6.07) is 14.5. The Hall–Kier alpha value is -3.19. The van der Waals surface area contributed by atoms with Crippen molar-refractivity contribution >= 4 is 22.6 Å². The van der Waals surface area contributed by atoms with Crippen LogP contribution in [0.3, 0.4) is 0 Å². The fourth-order valence-electron chi connectivity index (χ4n) is 4.79. The van der Waals surface area contributed by atoms with E-state index >= 15 is 0 Å². The first-order valence-electron chi connectivity index (χ1n) is 12.8. The van der Waals surface area contributed by atoms with Crippen molar-refractivity contribution in [3.8, 4) is 11.3 Å². The van der Waals surface area contributed by atoms with Crippen LogP contribution in [0.1, 0.15) is 56.8 Å². The zero-order valence-corrected chi connectivity index (χ0v) is 20.8. The number of nitrogens with zero attached hydrogens (tertiary/aromatic N) is 2. The van der Waals surface area contributed by atoms with Gasteiger partial charge in [-0.15, -0.1) is 0 Å². The summed E-state index contributed by atoms with van der Waals surface area (Å²) in [6.45, 7) is 1.91. The van der Waals surface area contributed by atoms with Crippen molar-refractivity contribution in [1.29, 1.82) is 0 Å². The molecule has 0 aliphatic carbocycles. The maximum Gasteiger partial charge on any atom is 0.223 e. The Morgan fingerprint density at radius 3 is 2.63 bits per heavy atom. The molecule has 186 valence electrons. The number of unbranched alkanes of at least 4 members (excludes halogenated alkanes) is 2. The first-order chi connectivity index (χ1) is 17.0. The number of nitrogens with one attached hydrogen (secondary N) is 3. The molecule has 35 heavy (non-hydrogen) atoms. The van der Waals surface area contributed by atoms with Crippen molar-refractivity contribution in [2.75, 3.05) is 27.2 Å². The third-order valence-corrected chi connectivity index (χ3v) is 7.07. The van der Waals surface area contributed by atoms with Gasteiger partial charge in [0.1, 0.15) is 5.82 Å². The van der Waals surface area contributed by atoms with E-state index in [4.69, 9.17) is 0 Å². The third-order valence-electron chi connectivity index (χ3n) is 7.07. The summed E-state index contributed by atoms with van der Waals surface area (Å²) in [6.07, 6.45) is 7.67. The molecule has 1 atom stereocenters. The number of rotatable bonds is 10. The fraction of sp³-hybridized carbons (Fsp3) is 0.464. The number of aromatic amines is 1. The molecule has 2 amide bonds. The van der Waals surface area contributed by atoms with Crippen LogP contribution in [-0.4, -0.2) is 53.9 Å². The second-order valence-electron chi connectivity index (χ2n) is 9.66. The minimum atomic E-state index is -0.170. The maximum atomic E-state index is 13.1. The molecule has 3 aromatic rings. The van der Waals surface area contributed by atoms with Crippen molar-refractivity contribution in [3.05, 3.63) is 54.5 Å². The van der Waals surface area contributed by atoms with Crippen LogP contribution in [0, 0.1) is 5.92 Å². The minimum absolute atomic E-state index is 0.0527. The van der Waals surface area contributed by atoms with Gasteiger partial charge in [-0.3, -0.25) is 9.59 Å². The number of carbonyl (C=O) groups excluding carboxylic acids is 2. The topological polar surface area (TPSA) is 90.1 Å². The predicted octanol–water partition coefficient (Wildman–Crippen LogP) is 4.43. The van der Waals surface area contributed by atoms with Gasteiger partial charge in [0, 0.05) is 24.9 Å². The number of H-pyrrole nitrogens is 1. The van der Waals surface area contributed by atoms with Gasteiger partial charge in [0.25, 0.3) is 0 Å². The molecule has 1 aromatic heterocycles. The first kappa shape index (κ1) is 24.9. The lowest BCUT2D eigenvalue weighted by molar-refractivity contribution is -0.127. The standard InChI is InChI=1S/C28H37N5O2/c1-29-26(34)11-5-3-4-10-24(32-28(35)21-14-16-33(2)17-15-21)27-30-19-25(31-27)23-13-12-20-8-6-7-9-22(20)18-23/h6-9,12-13,18-19,21,24H,3-5,10-11,14-17H2,1-2H3,(H,29,34)(H,30,31)(H,32,35). The minimum Gasteiger partial charge on any atom is -0.359 e. The SMILES string of the molecule is CNC(=O)CCCCCC(NC(=O)C1CCN(C)CC1)c1ncc(-c2ccc3ccccc3c2)[nH]1. The quantitative estimate of drug-likeness (QED) is 0.379. The van der Waals surface area contributed by atoms with E-state index < -0.39 is 0 Å². The molecule has 7 nitrogen and oxygen atoms in total. The van der Waals surface area contributed by atoms with Crippen LogP contribution in [0.4, 0.5) is 0 Å². The van der Waals surface area contributed by atoms with E-state index in [9.17, 15) is 9.59 Å². The van der Waals surface area contributed by atoms with E-state index in [0.29, 0.717) is 6.42 Å². The number of amides is 2. The third kappa shape index (κ3) is 6.69. The van der Waals surface area contributed by atoms with Crippen LogP contribution in [0.15, 0.2) is 48.7 Å². The molecule has 0 saturated carbocycles. The number of piperidine rings is 1. The largest absolute Gasteiger partial charge is 0.359 e. The predicted molar refractivity (Wildman–Crippen MR) is 140 cm³/mol. The number of benzene rings is 2. The molecule has 1 aliphatic rings. The van der Waals surface area contributed by atoms with Gasteiger partial charge in [-0.05, 0) is 62.7 Å². The van der Waals surface area contributed by atoms with Gasteiger partial charge in [0.05, 0.1) is 17.9 Å². The van der Waals surface area contributed by atoms with E-state index in [1.54, 1.807) is 7.05 Å². The summed E-state index contributed by atoms with van der Waals surface area (Å²) < 4.78 is 0. The van der Waals surface area contributed by atoms with Gasteiger partial charge in [-0.25, -0.2) is 4.98 Å². The molecule has 0 radical (unpaired) electrons. The number of aromatic nitrogens is 2. The highest BCUT2D eigenvalue weighted by atomic mass is 16.2. The highest BCUT2D eigenvalue weighted by molar-refractivity contribution is 5.86. The highest BCUT2D eigenvalue weighted by Gasteiger charge is 2.26. The molecular formula is C28H37N5O2. The molecule has 1 aliphatic heterocycles. The Labute approximate surface area is 207 Å². The molecule has 4 rings (SSSR count). The van der Waals surface area contributed by atoms with Gasteiger partial charge >= 0.3 is 0 Å². The van der Waals surface area contributed by atoms with Crippen molar-refractivity contribution in [1.82, 2.24) is 25.5 Å². The van der Waals surface area contributed by atoms with Crippen molar-refractivity contribution < 1.29 is 9.59 Å². The van der Waals surface area contributed by atoms with Crippen molar-refractivity contribution in [2.24, 2.45) is 5.92 Å². The summed E-state index contributed by atoms with van der Waals surface area (Å²) in [5.41, 5.74) is 2.03. The Morgan fingerprint density at radius 1 is 1.09 bits per heavy atom. The van der Waals surface area contributed by atoms with Crippen LogP contribution in [0.25, 0.3) is 22.0 Å². The first-order valence-corrected chi connectivity index (χ1v) is 12.8. The lowest BCUT2D eigenvalue weighted by atomic mass is 9.95. The Kier molecular flexibility index (Phi) is 8.53. The van der Waals surface area contributed by atoms with E-state index in [1.807, 2.05) is 18.3 Å². The van der Waals surface area contributed by atoms with Crippen molar-refractivity contribution in [2.45, 2.75) is 51.0 Å².